The van der Waals surface area contributed by atoms with Gasteiger partial charge in [-0.05, 0) is 112 Å². The number of para-hydroxylation sites is 1. The molecule has 81 heavy (non-hydrogen) atoms. The van der Waals surface area contributed by atoms with Crippen molar-refractivity contribution in [3.05, 3.63) is 99.9 Å². The van der Waals surface area contributed by atoms with E-state index in [1.54, 1.807) is 49.8 Å². The van der Waals surface area contributed by atoms with E-state index < -0.39 is 101 Å². The predicted octanol–water partition coefficient (Wildman–Crippen LogP) is 7.23. The van der Waals surface area contributed by atoms with E-state index in [2.05, 4.69) is 26.3 Å². The number of aryl methyl sites for hydroxylation is 3. The van der Waals surface area contributed by atoms with Crippen molar-refractivity contribution in [2.75, 3.05) is 18.1 Å². The van der Waals surface area contributed by atoms with Crippen LogP contribution in [0.4, 0.5) is 14.9 Å². The van der Waals surface area contributed by atoms with Gasteiger partial charge in [0.15, 0.2) is 11.6 Å². The number of benzene rings is 3. The highest BCUT2D eigenvalue weighted by Crippen LogP contribution is 2.39. The van der Waals surface area contributed by atoms with E-state index in [1.807, 2.05) is 77.1 Å². The first kappa shape index (κ1) is 61.2. The van der Waals surface area contributed by atoms with Crippen molar-refractivity contribution in [1.29, 1.82) is 0 Å². The Balaban J connectivity index is 0.919. The Morgan fingerprint density at radius 3 is 2.25 bits per heavy atom. The number of primary amides is 1. The number of unbranched alkanes of at least 4 members (excludes halogenated alkanes) is 2. The first-order valence-electron chi connectivity index (χ1n) is 27.8. The number of nitrogens with two attached hydrogens (primary N) is 1. The van der Waals surface area contributed by atoms with Gasteiger partial charge in [-0.2, -0.15) is 0 Å². The molecule has 6 N–H and O–H groups in total. The number of halogens is 1. The molecular weight excluding hydrogens is 1060 g/mol. The number of alkyl carbamates (subject to hydrolysis) is 1. The van der Waals surface area contributed by atoms with Gasteiger partial charge < -0.3 is 46.1 Å². The first-order chi connectivity index (χ1) is 38.3. The van der Waals surface area contributed by atoms with E-state index >= 15 is 4.39 Å². The molecule has 1 saturated heterocycles. The molecule has 0 aliphatic carbocycles. The number of anilines is 1. The van der Waals surface area contributed by atoms with Crippen molar-refractivity contribution in [1.82, 2.24) is 31.2 Å². The number of aromatic nitrogens is 1. The number of thiazole rings is 1. The van der Waals surface area contributed by atoms with Crippen LogP contribution in [0.15, 0.2) is 66.2 Å². The summed E-state index contributed by atoms with van der Waals surface area (Å²) in [5.41, 5.74) is 11.2. The number of rotatable bonds is 22. The molecule has 3 aliphatic rings. The van der Waals surface area contributed by atoms with Crippen LogP contribution in [0.2, 0.25) is 0 Å². The maximum absolute atomic E-state index is 16.1. The lowest BCUT2D eigenvalue weighted by Gasteiger charge is -2.35. The number of ether oxygens (including phenoxy) is 3. The molecule has 7 amide bonds. The zero-order valence-corrected chi connectivity index (χ0v) is 48.6. The van der Waals surface area contributed by atoms with Crippen molar-refractivity contribution in [2.45, 2.75) is 181 Å². The molecule has 4 aromatic rings. The summed E-state index contributed by atoms with van der Waals surface area (Å²) in [4.78, 5) is 116. The average molecular weight is 1140 g/mol. The summed E-state index contributed by atoms with van der Waals surface area (Å²) in [6, 6.07) is 13.0. The number of likely N-dealkylation sites (tertiary alicyclic amines) is 1. The number of nitrogens with one attached hydrogen (secondary N) is 4. The van der Waals surface area contributed by atoms with E-state index in [-0.39, 0.29) is 63.3 Å². The third kappa shape index (κ3) is 15.9. The van der Waals surface area contributed by atoms with Crippen LogP contribution in [0.3, 0.4) is 0 Å². The standard InChI is InChI=1S/C60H77FN8O11S/c1-34(37-21-23-40(24-22-37)52-35(2)63-33-81-52)64-54(73)45-30-43(79-36(3)70)31-68(45)57(76)53(59(4,5)6)67-49(72)20-12-10-11-15-38-16-14-19-47(50(38)61)78-32-42(26-28-48(62)71)65-55(74)46-29-41-18-13-17-39-25-27-44(56(75)69(46)51(39)41)66-58(77)80-60(7,8)9/h13-14,16-19,21-24,33-34,42-46,53H,10-12,15,20,25-32H2,1-9H3,(H2,62,71)(H,64,73)(H,65,74)(H,66,77)(H,67,72)/t34-,42-,43+,44-,45-,46-,53+/m0/s1. The topological polar surface area (TPSA) is 258 Å². The SMILES string of the molecule is CC(=O)O[C@@H]1C[C@@H](C(=O)N[C@@H](C)c2ccc(-c3scnc3C)cc2)N(C(=O)[C@@H](NC(=O)CCCCCc2cccc(OC[C@H](CCC(N)=O)NC(=O)[C@@H]3Cc4cccc5c4N3C(=O)[C@@H](NC(=O)OC(C)(C)C)CC5)c2F)C(C)(C)C)C1. The molecular formula is C60H77FN8O11S. The largest absolute Gasteiger partial charge is 0.488 e. The molecule has 7 atom stereocenters. The summed E-state index contributed by atoms with van der Waals surface area (Å²) in [6.07, 6.45) is 1.41. The van der Waals surface area contributed by atoms with Crippen LogP contribution in [0, 0.1) is 18.2 Å². The Morgan fingerprint density at radius 1 is 0.877 bits per heavy atom. The summed E-state index contributed by atoms with van der Waals surface area (Å²) in [6.45, 7) is 15.4. The van der Waals surface area contributed by atoms with Gasteiger partial charge in [0.1, 0.15) is 42.5 Å². The number of nitrogens with zero attached hydrogens (tertiary/aromatic N) is 3. The highest BCUT2D eigenvalue weighted by atomic mass is 32.1. The van der Waals surface area contributed by atoms with Crippen LogP contribution in [-0.4, -0.2) is 112 Å². The van der Waals surface area contributed by atoms with E-state index in [9.17, 15) is 38.4 Å². The van der Waals surface area contributed by atoms with Gasteiger partial charge in [0.05, 0.1) is 40.4 Å². The lowest BCUT2D eigenvalue weighted by Crippen LogP contribution is -2.57. The number of hydrogen-bond acceptors (Lipinski definition) is 13. The Hall–Kier alpha value is -7.42. The van der Waals surface area contributed by atoms with Crippen molar-refractivity contribution in [3.63, 3.8) is 0 Å². The summed E-state index contributed by atoms with van der Waals surface area (Å²) < 4.78 is 33.0. The molecule has 0 bridgehead atoms. The second kappa shape index (κ2) is 26.4. The molecule has 3 aromatic carbocycles. The second-order valence-corrected chi connectivity index (χ2v) is 24.2. The molecule has 7 rings (SSSR count). The second-order valence-electron chi connectivity index (χ2n) is 23.4. The minimum Gasteiger partial charge on any atom is -0.488 e. The highest BCUT2D eigenvalue weighted by Gasteiger charge is 2.47. The Bertz CT molecular complexity index is 2970. The van der Waals surface area contributed by atoms with Crippen molar-refractivity contribution in [2.24, 2.45) is 11.1 Å². The van der Waals surface area contributed by atoms with Gasteiger partial charge >= 0.3 is 12.1 Å². The molecule has 0 spiro atoms. The fourth-order valence-electron chi connectivity index (χ4n) is 10.6. The third-order valence-corrected chi connectivity index (χ3v) is 15.7. The van der Waals surface area contributed by atoms with Gasteiger partial charge in [-0.15, -0.1) is 11.3 Å². The number of carbonyl (C=O) groups is 8. The molecule has 4 heterocycles. The van der Waals surface area contributed by atoms with Gasteiger partial charge in [-0.1, -0.05) is 81.8 Å². The van der Waals surface area contributed by atoms with Crippen LogP contribution in [0.5, 0.6) is 5.75 Å². The minimum atomic E-state index is -1.02. The van der Waals surface area contributed by atoms with Gasteiger partial charge in [-0.25, -0.2) is 14.2 Å². The van der Waals surface area contributed by atoms with Crippen molar-refractivity contribution >= 4 is 64.5 Å². The lowest BCUT2D eigenvalue weighted by molar-refractivity contribution is -0.147. The minimum absolute atomic E-state index is 0.0241. The van der Waals surface area contributed by atoms with Gasteiger partial charge in [-0.3, -0.25) is 38.5 Å². The molecule has 3 aliphatic heterocycles. The summed E-state index contributed by atoms with van der Waals surface area (Å²) in [5.74, 6) is -4.06. The monoisotopic (exact) mass is 1140 g/mol. The number of amides is 7. The summed E-state index contributed by atoms with van der Waals surface area (Å²) in [7, 11) is 0. The molecule has 21 heteroatoms. The van der Waals surface area contributed by atoms with E-state index in [0.717, 1.165) is 32.8 Å². The molecule has 1 aromatic heterocycles. The Kier molecular flexibility index (Phi) is 20.0. The molecule has 19 nitrogen and oxygen atoms in total. The highest BCUT2D eigenvalue weighted by molar-refractivity contribution is 7.13. The van der Waals surface area contributed by atoms with Crippen LogP contribution >= 0.6 is 11.3 Å². The first-order valence-corrected chi connectivity index (χ1v) is 28.7. The number of carbonyl (C=O) groups excluding carboxylic acids is 8. The van der Waals surface area contributed by atoms with Crippen LogP contribution in [0.25, 0.3) is 10.4 Å². The number of esters is 1. The van der Waals surface area contributed by atoms with E-state index in [1.165, 1.54) is 22.8 Å². The maximum Gasteiger partial charge on any atom is 0.408 e. The third-order valence-electron chi connectivity index (χ3n) is 14.7. The molecule has 0 radical (unpaired) electrons. The zero-order chi connectivity index (χ0) is 58.9. The number of hydrogen-bond donors (Lipinski definition) is 5. The predicted molar refractivity (Wildman–Crippen MR) is 303 cm³/mol. The van der Waals surface area contributed by atoms with Gasteiger partial charge in [0, 0.05) is 32.6 Å². The fourth-order valence-corrected chi connectivity index (χ4v) is 11.4. The van der Waals surface area contributed by atoms with Gasteiger partial charge in [0.25, 0.3) is 0 Å². The smallest absolute Gasteiger partial charge is 0.408 e. The van der Waals surface area contributed by atoms with Crippen molar-refractivity contribution < 1.29 is 57.0 Å². The van der Waals surface area contributed by atoms with E-state index in [4.69, 9.17) is 19.9 Å². The fraction of sp³-hybridized carbons (Fsp3) is 0.517. The van der Waals surface area contributed by atoms with Crippen LogP contribution < -0.4 is 36.6 Å². The van der Waals surface area contributed by atoms with E-state index in [0.29, 0.717) is 43.4 Å². The van der Waals surface area contributed by atoms with Crippen LogP contribution in [-0.2, 0) is 62.3 Å². The molecule has 0 saturated carbocycles. The Morgan fingerprint density at radius 2 is 1.58 bits per heavy atom. The van der Waals surface area contributed by atoms with Crippen LogP contribution in [0.1, 0.15) is 141 Å². The molecule has 0 unspecified atom stereocenters. The quantitative estimate of drug-likeness (QED) is 0.0386. The summed E-state index contributed by atoms with van der Waals surface area (Å²) >= 11 is 1.55. The molecule has 436 valence electrons. The molecule has 1 fully saturated rings. The lowest BCUT2D eigenvalue weighted by atomic mass is 9.85. The average Bonchev–Trinajstić information content (AvgIpc) is 4.34. The van der Waals surface area contributed by atoms with Crippen molar-refractivity contribution in [3.8, 4) is 16.2 Å². The normalized spacial score (nSPS) is 18.9. The maximum atomic E-state index is 16.1. The Labute approximate surface area is 477 Å². The summed E-state index contributed by atoms with van der Waals surface area (Å²) in [5, 5.41) is 11.6. The van der Waals surface area contributed by atoms with Gasteiger partial charge in [0.2, 0.25) is 35.4 Å². The zero-order valence-electron chi connectivity index (χ0n) is 47.8.